The van der Waals surface area contributed by atoms with Crippen LogP contribution in [0.2, 0.25) is 0 Å². The normalized spacial score (nSPS) is 14.0. The Balaban J connectivity index is 1.99. The van der Waals surface area contributed by atoms with Gasteiger partial charge in [-0.05, 0) is 13.3 Å². The van der Waals surface area contributed by atoms with E-state index < -0.39 is 6.10 Å². The number of aromatic nitrogens is 4. The predicted molar refractivity (Wildman–Crippen MR) is 78.3 cm³/mol. The first-order valence-corrected chi connectivity index (χ1v) is 6.91. The summed E-state index contributed by atoms with van der Waals surface area (Å²) in [5.41, 5.74) is 6.85. The lowest BCUT2D eigenvalue weighted by Gasteiger charge is -2.19. The maximum absolute atomic E-state index is 11.9. The quantitative estimate of drug-likeness (QED) is 0.693. The minimum Gasteiger partial charge on any atom is -0.391 e. The lowest BCUT2D eigenvalue weighted by molar-refractivity contribution is -0.122. The monoisotopic (exact) mass is 292 g/mol. The molecule has 0 saturated heterocycles. The SMILES string of the molecule is CCC(NC(=O)CCn1cnc2c(N)ncnc21)C(C)O. The standard InChI is InChI=1S/C13H20N6O2/c1-3-9(8(2)20)18-10(21)4-5-19-7-17-11-12(14)15-6-16-13(11)19/h6-9,20H,3-5H2,1-2H3,(H,18,21)(H2,14,15,16). The summed E-state index contributed by atoms with van der Waals surface area (Å²) < 4.78 is 1.76. The minimum atomic E-state index is -0.569. The fraction of sp³-hybridized carbons (Fsp3) is 0.538. The van der Waals surface area contributed by atoms with E-state index in [1.807, 2.05) is 6.92 Å². The molecule has 2 aromatic heterocycles. The number of hydrogen-bond donors (Lipinski definition) is 3. The number of nitrogens with one attached hydrogen (secondary N) is 1. The molecule has 0 radical (unpaired) electrons. The van der Waals surface area contributed by atoms with Gasteiger partial charge in [0, 0.05) is 13.0 Å². The summed E-state index contributed by atoms with van der Waals surface area (Å²) in [6, 6.07) is -0.227. The Labute approximate surface area is 122 Å². The molecular formula is C13H20N6O2. The van der Waals surface area contributed by atoms with Gasteiger partial charge in [-0.25, -0.2) is 15.0 Å². The molecule has 0 bridgehead atoms. The number of nitrogens with two attached hydrogens (primary N) is 1. The molecule has 0 aromatic carbocycles. The van der Waals surface area contributed by atoms with Gasteiger partial charge in [0.2, 0.25) is 5.91 Å². The van der Waals surface area contributed by atoms with E-state index in [1.165, 1.54) is 6.33 Å². The number of rotatable bonds is 6. The number of amides is 1. The number of hydrogen-bond acceptors (Lipinski definition) is 6. The zero-order valence-corrected chi connectivity index (χ0v) is 12.2. The number of nitrogens with zero attached hydrogens (tertiary/aromatic N) is 4. The highest BCUT2D eigenvalue weighted by Gasteiger charge is 2.15. The number of aliphatic hydroxyl groups is 1. The molecule has 8 nitrogen and oxygen atoms in total. The number of carbonyl (C=O) groups is 1. The first kappa shape index (κ1) is 15.2. The van der Waals surface area contributed by atoms with Crippen molar-refractivity contribution in [1.82, 2.24) is 24.8 Å². The highest BCUT2D eigenvalue weighted by atomic mass is 16.3. The molecule has 8 heteroatoms. The van der Waals surface area contributed by atoms with Crippen LogP contribution in [0.5, 0.6) is 0 Å². The van der Waals surface area contributed by atoms with Crippen LogP contribution in [0.3, 0.4) is 0 Å². The smallest absolute Gasteiger partial charge is 0.222 e. The molecule has 2 unspecified atom stereocenters. The van der Waals surface area contributed by atoms with Crippen molar-refractivity contribution >= 4 is 22.9 Å². The van der Waals surface area contributed by atoms with Gasteiger partial charge < -0.3 is 20.7 Å². The van der Waals surface area contributed by atoms with Crippen LogP contribution in [0.1, 0.15) is 26.7 Å². The van der Waals surface area contributed by atoms with Crippen molar-refractivity contribution in [2.45, 2.75) is 45.4 Å². The molecule has 2 atom stereocenters. The van der Waals surface area contributed by atoms with Crippen LogP contribution in [0, 0.1) is 0 Å². The summed E-state index contributed by atoms with van der Waals surface area (Å²) in [5, 5.41) is 12.3. The fourth-order valence-electron chi connectivity index (χ4n) is 2.13. The lowest BCUT2D eigenvalue weighted by Crippen LogP contribution is -2.41. The van der Waals surface area contributed by atoms with Crippen LogP contribution in [-0.2, 0) is 11.3 Å². The van der Waals surface area contributed by atoms with Crippen molar-refractivity contribution in [3.8, 4) is 0 Å². The average molecular weight is 292 g/mol. The van der Waals surface area contributed by atoms with Gasteiger partial charge in [0.15, 0.2) is 11.5 Å². The summed E-state index contributed by atoms with van der Waals surface area (Å²) in [5.74, 6) is 0.204. The topological polar surface area (TPSA) is 119 Å². The second kappa shape index (κ2) is 6.49. The highest BCUT2D eigenvalue weighted by Crippen LogP contribution is 2.14. The Bertz CT molecular complexity index is 624. The third kappa shape index (κ3) is 3.46. The third-order valence-electron chi connectivity index (χ3n) is 3.38. The Kier molecular flexibility index (Phi) is 4.69. The predicted octanol–water partition coefficient (Wildman–Crippen LogP) is 0.0742. The van der Waals surface area contributed by atoms with E-state index in [2.05, 4.69) is 20.3 Å². The Morgan fingerprint density at radius 1 is 1.48 bits per heavy atom. The average Bonchev–Trinajstić information content (AvgIpc) is 2.87. The van der Waals surface area contributed by atoms with Crippen molar-refractivity contribution in [3.63, 3.8) is 0 Å². The summed E-state index contributed by atoms with van der Waals surface area (Å²) in [6.45, 7) is 4.02. The second-order valence-corrected chi connectivity index (χ2v) is 4.94. The van der Waals surface area contributed by atoms with Gasteiger partial charge in [-0.2, -0.15) is 0 Å². The Morgan fingerprint density at radius 3 is 2.90 bits per heavy atom. The number of aryl methyl sites for hydroxylation is 1. The Hall–Kier alpha value is -2.22. The molecule has 114 valence electrons. The first-order valence-electron chi connectivity index (χ1n) is 6.91. The molecular weight excluding hydrogens is 272 g/mol. The van der Waals surface area contributed by atoms with E-state index >= 15 is 0 Å². The molecule has 2 rings (SSSR count). The van der Waals surface area contributed by atoms with Gasteiger partial charge in [0.1, 0.15) is 11.8 Å². The van der Waals surface area contributed by atoms with Crippen molar-refractivity contribution in [3.05, 3.63) is 12.7 Å². The van der Waals surface area contributed by atoms with Gasteiger partial charge in [-0.1, -0.05) is 6.92 Å². The van der Waals surface area contributed by atoms with Crippen molar-refractivity contribution < 1.29 is 9.90 Å². The number of fused-ring (bicyclic) bond motifs is 1. The zero-order chi connectivity index (χ0) is 15.4. The van der Waals surface area contributed by atoms with E-state index in [-0.39, 0.29) is 18.4 Å². The molecule has 0 spiro atoms. The van der Waals surface area contributed by atoms with Crippen LogP contribution in [0.25, 0.3) is 11.2 Å². The van der Waals surface area contributed by atoms with Gasteiger partial charge >= 0.3 is 0 Å². The van der Waals surface area contributed by atoms with Gasteiger partial charge in [0.05, 0.1) is 18.5 Å². The highest BCUT2D eigenvalue weighted by molar-refractivity contribution is 5.81. The van der Waals surface area contributed by atoms with Crippen LogP contribution in [0.4, 0.5) is 5.82 Å². The van der Waals surface area contributed by atoms with E-state index in [1.54, 1.807) is 17.8 Å². The summed E-state index contributed by atoms with van der Waals surface area (Å²) >= 11 is 0. The van der Waals surface area contributed by atoms with E-state index in [4.69, 9.17) is 5.73 Å². The van der Waals surface area contributed by atoms with Gasteiger partial charge in [-0.15, -0.1) is 0 Å². The molecule has 0 fully saturated rings. The third-order valence-corrected chi connectivity index (χ3v) is 3.38. The number of nitrogen functional groups attached to an aromatic ring is 1. The van der Waals surface area contributed by atoms with Gasteiger partial charge in [-0.3, -0.25) is 4.79 Å². The zero-order valence-electron chi connectivity index (χ0n) is 12.2. The summed E-state index contributed by atoms with van der Waals surface area (Å²) in [7, 11) is 0. The van der Waals surface area contributed by atoms with Crippen LogP contribution in [0.15, 0.2) is 12.7 Å². The van der Waals surface area contributed by atoms with E-state index in [0.717, 1.165) is 0 Å². The molecule has 0 saturated carbocycles. The molecule has 0 aliphatic rings. The van der Waals surface area contributed by atoms with Crippen LogP contribution >= 0.6 is 0 Å². The van der Waals surface area contributed by atoms with E-state index in [9.17, 15) is 9.90 Å². The second-order valence-electron chi connectivity index (χ2n) is 4.94. The molecule has 0 aliphatic heterocycles. The molecule has 21 heavy (non-hydrogen) atoms. The fourth-order valence-corrected chi connectivity index (χ4v) is 2.13. The molecule has 1 amide bonds. The van der Waals surface area contributed by atoms with Gasteiger partial charge in [0.25, 0.3) is 0 Å². The van der Waals surface area contributed by atoms with Crippen molar-refractivity contribution in [2.24, 2.45) is 0 Å². The lowest BCUT2D eigenvalue weighted by atomic mass is 10.1. The van der Waals surface area contributed by atoms with Crippen LogP contribution < -0.4 is 11.1 Å². The molecule has 2 heterocycles. The number of aliphatic hydroxyl groups excluding tert-OH is 1. The maximum atomic E-state index is 11.9. The summed E-state index contributed by atoms with van der Waals surface area (Å²) in [6.07, 6.45) is 3.35. The van der Waals surface area contributed by atoms with Crippen molar-refractivity contribution in [1.29, 1.82) is 0 Å². The Morgan fingerprint density at radius 2 is 2.24 bits per heavy atom. The largest absolute Gasteiger partial charge is 0.391 e. The van der Waals surface area contributed by atoms with Crippen molar-refractivity contribution in [2.75, 3.05) is 5.73 Å². The van der Waals surface area contributed by atoms with E-state index in [0.29, 0.717) is 29.9 Å². The number of carbonyl (C=O) groups excluding carboxylic acids is 1. The molecule has 0 aliphatic carbocycles. The molecule has 4 N–H and O–H groups in total. The number of anilines is 1. The molecule has 2 aromatic rings. The first-order chi connectivity index (χ1) is 10.0. The maximum Gasteiger partial charge on any atom is 0.222 e. The summed E-state index contributed by atoms with van der Waals surface area (Å²) in [4.78, 5) is 24.0. The number of imidazole rings is 1. The van der Waals surface area contributed by atoms with Crippen LogP contribution in [-0.4, -0.2) is 42.7 Å². The minimum absolute atomic E-state index is 0.119.